The SMILES string of the molecule is CCS(=O)(=O)N(C)CCCNC(=NC)NCC(C)c1ccc(C)cc1. The zero-order valence-electron chi connectivity index (χ0n) is 16.0. The van der Waals surface area contributed by atoms with Crippen molar-refractivity contribution in [2.24, 2.45) is 4.99 Å². The third kappa shape index (κ3) is 7.44. The van der Waals surface area contributed by atoms with Crippen molar-refractivity contribution in [1.82, 2.24) is 14.9 Å². The number of guanidine groups is 1. The fraction of sp³-hybridized carbons (Fsp3) is 0.611. The topological polar surface area (TPSA) is 73.8 Å². The molecular weight excluding hydrogens is 336 g/mol. The summed E-state index contributed by atoms with van der Waals surface area (Å²) in [6, 6.07) is 8.56. The molecule has 1 unspecified atom stereocenters. The number of hydrogen-bond donors (Lipinski definition) is 2. The Bertz CT molecular complexity index is 642. The van der Waals surface area contributed by atoms with Gasteiger partial charge in [-0.1, -0.05) is 36.8 Å². The van der Waals surface area contributed by atoms with E-state index in [-0.39, 0.29) is 5.75 Å². The van der Waals surface area contributed by atoms with Crippen molar-refractivity contribution in [3.63, 3.8) is 0 Å². The van der Waals surface area contributed by atoms with Gasteiger partial charge in [0, 0.05) is 33.7 Å². The van der Waals surface area contributed by atoms with Gasteiger partial charge >= 0.3 is 0 Å². The first-order valence-corrected chi connectivity index (χ1v) is 10.4. The molecule has 0 radical (unpaired) electrons. The fourth-order valence-corrected chi connectivity index (χ4v) is 3.20. The van der Waals surface area contributed by atoms with Crippen LogP contribution in [0.4, 0.5) is 0 Å². The Morgan fingerprint density at radius 3 is 2.44 bits per heavy atom. The average molecular weight is 369 g/mol. The van der Waals surface area contributed by atoms with Crippen molar-refractivity contribution in [3.8, 4) is 0 Å². The average Bonchev–Trinajstić information content (AvgIpc) is 2.61. The molecule has 0 amide bonds. The van der Waals surface area contributed by atoms with E-state index in [0.717, 1.165) is 18.9 Å². The predicted octanol–water partition coefficient (Wildman–Crippen LogP) is 1.94. The van der Waals surface area contributed by atoms with Crippen molar-refractivity contribution in [1.29, 1.82) is 0 Å². The predicted molar refractivity (Wildman–Crippen MR) is 106 cm³/mol. The van der Waals surface area contributed by atoms with Gasteiger partial charge in [-0.3, -0.25) is 4.99 Å². The van der Waals surface area contributed by atoms with Crippen molar-refractivity contribution < 1.29 is 8.42 Å². The van der Waals surface area contributed by atoms with Crippen LogP contribution in [0.3, 0.4) is 0 Å². The molecule has 0 aromatic heterocycles. The highest BCUT2D eigenvalue weighted by molar-refractivity contribution is 7.89. The van der Waals surface area contributed by atoms with Gasteiger partial charge in [0.15, 0.2) is 5.96 Å². The Morgan fingerprint density at radius 2 is 1.88 bits per heavy atom. The van der Waals surface area contributed by atoms with E-state index < -0.39 is 10.0 Å². The van der Waals surface area contributed by atoms with Crippen LogP contribution in [-0.2, 0) is 10.0 Å². The molecule has 2 N–H and O–H groups in total. The molecule has 0 aliphatic carbocycles. The van der Waals surface area contributed by atoms with E-state index in [0.29, 0.717) is 19.0 Å². The summed E-state index contributed by atoms with van der Waals surface area (Å²) >= 11 is 0. The molecule has 0 heterocycles. The highest BCUT2D eigenvalue weighted by Gasteiger charge is 2.14. The summed E-state index contributed by atoms with van der Waals surface area (Å²) in [5.74, 6) is 1.25. The van der Waals surface area contributed by atoms with Crippen molar-refractivity contribution in [2.75, 3.05) is 39.5 Å². The Balaban J connectivity index is 2.34. The van der Waals surface area contributed by atoms with Gasteiger partial charge in [-0.15, -0.1) is 0 Å². The Hall–Kier alpha value is -1.60. The second-order valence-electron chi connectivity index (χ2n) is 6.27. The maximum atomic E-state index is 11.7. The molecule has 1 atom stereocenters. The third-order valence-corrected chi connectivity index (χ3v) is 6.09. The third-order valence-electron chi connectivity index (χ3n) is 4.23. The molecule has 25 heavy (non-hydrogen) atoms. The van der Waals surface area contributed by atoms with E-state index in [9.17, 15) is 8.42 Å². The highest BCUT2D eigenvalue weighted by atomic mass is 32.2. The molecule has 0 aliphatic rings. The van der Waals surface area contributed by atoms with Crippen molar-refractivity contribution >= 4 is 16.0 Å². The van der Waals surface area contributed by atoms with Crippen LogP contribution >= 0.6 is 0 Å². The van der Waals surface area contributed by atoms with E-state index in [1.54, 1.807) is 21.0 Å². The van der Waals surface area contributed by atoms with E-state index in [1.807, 2.05) is 0 Å². The molecule has 0 aliphatic heterocycles. The summed E-state index contributed by atoms with van der Waals surface area (Å²) in [4.78, 5) is 4.21. The van der Waals surface area contributed by atoms with Gasteiger partial charge in [0.1, 0.15) is 0 Å². The van der Waals surface area contributed by atoms with Gasteiger partial charge in [-0.25, -0.2) is 12.7 Å². The molecule has 0 spiro atoms. The summed E-state index contributed by atoms with van der Waals surface area (Å²) in [5.41, 5.74) is 2.55. The fourth-order valence-electron chi connectivity index (χ4n) is 2.35. The van der Waals surface area contributed by atoms with E-state index in [4.69, 9.17) is 0 Å². The zero-order valence-corrected chi connectivity index (χ0v) is 16.9. The van der Waals surface area contributed by atoms with Crippen LogP contribution in [0.2, 0.25) is 0 Å². The summed E-state index contributed by atoms with van der Waals surface area (Å²) in [5, 5.41) is 6.55. The number of nitrogens with zero attached hydrogens (tertiary/aromatic N) is 2. The maximum absolute atomic E-state index is 11.7. The minimum absolute atomic E-state index is 0.136. The van der Waals surface area contributed by atoms with Gasteiger partial charge in [-0.2, -0.15) is 0 Å². The number of benzene rings is 1. The smallest absolute Gasteiger partial charge is 0.213 e. The second kappa shape index (κ2) is 10.4. The summed E-state index contributed by atoms with van der Waals surface area (Å²) < 4.78 is 24.8. The molecule has 0 saturated carbocycles. The first-order chi connectivity index (χ1) is 11.8. The van der Waals surface area contributed by atoms with E-state index in [2.05, 4.69) is 53.7 Å². The molecule has 0 fully saturated rings. The zero-order chi connectivity index (χ0) is 18.9. The Morgan fingerprint density at radius 1 is 1.24 bits per heavy atom. The summed E-state index contributed by atoms with van der Waals surface area (Å²) in [7, 11) is 0.256. The molecule has 0 saturated heterocycles. The molecule has 1 rings (SSSR count). The van der Waals surface area contributed by atoms with E-state index >= 15 is 0 Å². The molecular formula is C18H32N4O2S. The van der Waals surface area contributed by atoms with Crippen LogP contribution in [0.15, 0.2) is 29.3 Å². The van der Waals surface area contributed by atoms with Gasteiger partial charge in [-0.05, 0) is 31.7 Å². The minimum atomic E-state index is -3.10. The van der Waals surface area contributed by atoms with Gasteiger partial charge in [0.25, 0.3) is 0 Å². The van der Waals surface area contributed by atoms with Crippen molar-refractivity contribution in [2.45, 2.75) is 33.1 Å². The van der Waals surface area contributed by atoms with Crippen LogP contribution in [0.25, 0.3) is 0 Å². The van der Waals surface area contributed by atoms with Crippen LogP contribution in [0.1, 0.15) is 37.3 Å². The van der Waals surface area contributed by atoms with Crippen molar-refractivity contribution in [3.05, 3.63) is 35.4 Å². The van der Waals surface area contributed by atoms with Gasteiger partial charge < -0.3 is 10.6 Å². The van der Waals surface area contributed by atoms with Gasteiger partial charge in [0.05, 0.1) is 5.75 Å². The van der Waals surface area contributed by atoms with Crippen LogP contribution in [0, 0.1) is 6.92 Å². The Labute approximate surface area is 152 Å². The molecule has 0 bridgehead atoms. The number of hydrogen-bond acceptors (Lipinski definition) is 3. The number of nitrogens with one attached hydrogen (secondary N) is 2. The van der Waals surface area contributed by atoms with E-state index in [1.165, 1.54) is 15.4 Å². The Kier molecular flexibility index (Phi) is 8.92. The lowest BCUT2D eigenvalue weighted by molar-refractivity contribution is 0.461. The number of aliphatic imine (C=N–C) groups is 1. The number of aryl methyl sites for hydroxylation is 1. The largest absolute Gasteiger partial charge is 0.356 e. The first-order valence-electron chi connectivity index (χ1n) is 8.75. The first kappa shape index (κ1) is 21.4. The molecule has 1 aromatic rings. The lowest BCUT2D eigenvalue weighted by atomic mass is 10.0. The number of rotatable bonds is 9. The summed E-state index contributed by atoms with van der Waals surface area (Å²) in [6.45, 7) is 7.87. The highest BCUT2D eigenvalue weighted by Crippen LogP contribution is 2.14. The minimum Gasteiger partial charge on any atom is -0.356 e. The quantitative estimate of drug-likeness (QED) is 0.397. The molecule has 142 valence electrons. The molecule has 6 nitrogen and oxygen atoms in total. The maximum Gasteiger partial charge on any atom is 0.213 e. The molecule has 1 aromatic carbocycles. The lowest BCUT2D eigenvalue weighted by Gasteiger charge is -2.18. The molecule has 7 heteroatoms. The van der Waals surface area contributed by atoms with Gasteiger partial charge in [0.2, 0.25) is 10.0 Å². The monoisotopic (exact) mass is 368 g/mol. The standard InChI is InChI=1S/C18H32N4O2S/c1-6-25(23,24)22(5)13-7-12-20-18(19-4)21-14-16(3)17-10-8-15(2)9-11-17/h8-11,16H,6-7,12-14H2,1-5H3,(H2,19,20,21). The second-order valence-corrected chi connectivity index (χ2v) is 8.63. The normalized spacial score (nSPS) is 13.8. The number of sulfonamides is 1. The van der Waals surface area contributed by atoms with Crippen LogP contribution in [-0.4, -0.2) is 58.2 Å². The van der Waals surface area contributed by atoms with Crippen LogP contribution < -0.4 is 10.6 Å². The lowest BCUT2D eigenvalue weighted by Crippen LogP contribution is -2.40. The summed E-state index contributed by atoms with van der Waals surface area (Å²) in [6.07, 6.45) is 0.726. The van der Waals surface area contributed by atoms with Crippen LogP contribution in [0.5, 0.6) is 0 Å².